The number of hydrogen-bond acceptors (Lipinski definition) is 2. The number of nitrogens with one attached hydrogen (secondary N) is 2. The Morgan fingerprint density at radius 2 is 1.52 bits per heavy atom. The lowest BCUT2D eigenvalue weighted by molar-refractivity contribution is -0.137. The smallest absolute Gasteiger partial charge is 0.331 e. The predicted molar refractivity (Wildman–Crippen MR) is 112 cm³/mol. The molecule has 0 saturated heterocycles. The van der Waals surface area contributed by atoms with Crippen molar-refractivity contribution in [3.63, 3.8) is 0 Å². The summed E-state index contributed by atoms with van der Waals surface area (Å²) in [7, 11) is 0. The van der Waals surface area contributed by atoms with Crippen molar-refractivity contribution in [2.45, 2.75) is 6.18 Å². The van der Waals surface area contributed by atoms with Crippen LogP contribution in [0.25, 0.3) is 11.1 Å². The third kappa shape index (κ3) is 5.34. The van der Waals surface area contributed by atoms with E-state index in [2.05, 4.69) is 10.6 Å². The quantitative estimate of drug-likeness (QED) is 0.485. The standard InChI is InChI=1S/C21H14ClF3N2OS/c22-17-12-16(21(23,24)25)10-11-18(17)26-20(29)27-19(28)15-8-6-14(7-9-15)13-4-2-1-3-5-13/h1-12H,(H2,26,27,28,29). The summed E-state index contributed by atoms with van der Waals surface area (Å²) in [4.78, 5) is 12.3. The van der Waals surface area contributed by atoms with Crippen molar-refractivity contribution in [1.82, 2.24) is 5.32 Å². The van der Waals surface area contributed by atoms with E-state index in [-0.39, 0.29) is 15.8 Å². The molecule has 0 radical (unpaired) electrons. The minimum absolute atomic E-state index is 0.0798. The average molecular weight is 435 g/mol. The van der Waals surface area contributed by atoms with Crippen LogP contribution in [0.1, 0.15) is 15.9 Å². The van der Waals surface area contributed by atoms with Gasteiger partial charge in [0, 0.05) is 5.56 Å². The molecule has 0 aliphatic heterocycles. The normalized spacial score (nSPS) is 11.0. The van der Waals surface area contributed by atoms with Crippen LogP contribution in [0.5, 0.6) is 0 Å². The van der Waals surface area contributed by atoms with E-state index in [1.54, 1.807) is 12.1 Å². The van der Waals surface area contributed by atoms with E-state index in [1.807, 2.05) is 42.5 Å². The Kier molecular flexibility index (Phi) is 6.20. The second-order valence-corrected chi connectivity index (χ2v) is 6.86. The number of hydrogen-bond donors (Lipinski definition) is 2. The Balaban J connectivity index is 1.64. The topological polar surface area (TPSA) is 41.1 Å². The van der Waals surface area contributed by atoms with Gasteiger partial charge in [-0.3, -0.25) is 10.1 Å². The van der Waals surface area contributed by atoms with Crippen LogP contribution in [0.15, 0.2) is 72.8 Å². The number of carbonyl (C=O) groups excluding carboxylic acids is 1. The van der Waals surface area contributed by atoms with Crippen molar-refractivity contribution < 1.29 is 18.0 Å². The lowest BCUT2D eigenvalue weighted by atomic mass is 10.0. The molecule has 3 rings (SSSR count). The number of rotatable bonds is 3. The zero-order valence-corrected chi connectivity index (χ0v) is 16.3. The summed E-state index contributed by atoms with van der Waals surface area (Å²) in [5.74, 6) is -0.454. The van der Waals surface area contributed by atoms with Crippen LogP contribution in [0.2, 0.25) is 5.02 Å². The molecule has 3 aromatic rings. The summed E-state index contributed by atoms with van der Waals surface area (Å²) < 4.78 is 38.1. The van der Waals surface area contributed by atoms with Crippen LogP contribution in [0.3, 0.4) is 0 Å². The minimum Gasteiger partial charge on any atom is -0.331 e. The summed E-state index contributed by atoms with van der Waals surface area (Å²) >= 11 is 10.9. The molecule has 3 nitrogen and oxygen atoms in total. The summed E-state index contributed by atoms with van der Waals surface area (Å²) in [5, 5.41) is 4.86. The molecule has 0 bridgehead atoms. The molecule has 0 aliphatic carbocycles. The lowest BCUT2D eigenvalue weighted by Gasteiger charge is -2.13. The van der Waals surface area contributed by atoms with E-state index < -0.39 is 17.6 Å². The van der Waals surface area contributed by atoms with Gasteiger partial charge in [-0.1, -0.05) is 54.1 Å². The average Bonchev–Trinajstić information content (AvgIpc) is 2.69. The van der Waals surface area contributed by atoms with Crippen molar-refractivity contribution in [2.75, 3.05) is 5.32 Å². The van der Waals surface area contributed by atoms with Gasteiger partial charge in [0.2, 0.25) is 0 Å². The first-order chi connectivity index (χ1) is 13.7. The molecule has 0 spiro atoms. The molecule has 2 N–H and O–H groups in total. The number of benzene rings is 3. The monoisotopic (exact) mass is 434 g/mol. The van der Waals surface area contributed by atoms with Gasteiger partial charge in [-0.25, -0.2) is 0 Å². The highest BCUT2D eigenvalue weighted by Gasteiger charge is 2.30. The van der Waals surface area contributed by atoms with Gasteiger partial charge in [-0.15, -0.1) is 0 Å². The fraction of sp³-hybridized carbons (Fsp3) is 0.0476. The second-order valence-electron chi connectivity index (χ2n) is 6.04. The molecular weight excluding hydrogens is 421 g/mol. The highest BCUT2D eigenvalue weighted by atomic mass is 35.5. The number of carbonyl (C=O) groups is 1. The molecular formula is C21H14ClF3N2OS. The van der Waals surface area contributed by atoms with Crippen LogP contribution in [0, 0.1) is 0 Å². The Morgan fingerprint density at radius 1 is 0.897 bits per heavy atom. The molecule has 0 fully saturated rings. The number of amides is 1. The van der Waals surface area contributed by atoms with Gasteiger partial charge in [0.05, 0.1) is 16.3 Å². The molecule has 0 saturated carbocycles. The molecule has 0 unspecified atom stereocenters. The molecule has 0 heterocycles. The molecule has 1 amide bonds. The Hall–Kier alpha value is -2.90. The van der Waals surface area contributed by atoms with Crippen molar-refractivity contribution in [1.29, 1.82) is 0 Å². The van der Waals surface area contributed by atoms with Gasteiger partial charge in [0.1, 0.15) is 0 Å². The molecule has 148 valence electrons. The van der Waals surface area contributed by atoms with E-state index in [0.717, 1.165) is 29.3 Å². The van der Waals surface area contributed by atoms with E-state index in [1.165, 1.54) is 0 Å². The molecule has 0 aromatic heterocycles. The molecule has 0 aliphatic rings. The molecule has 3 aromatic carbocycles. The lowest BCUT2D eigenvalue weighted by Crippen LogP contribution is -2.34. The summed E-state index contributed by atoms with van der Waals surface area (Å²) in [6.07, 6.45) is -4.50. The van der Waals surface area contributed by atoms with Crippen LogP contribution < -0.4 is 10.6 Å². The largest absolute Gasteiger partial charge is 0.416 e. The molecule has 29 heavy (non-hydrogen) atoms. The maximum atomic E-state index is 12.7. The maximum Gasteiger partial charge on any atom is 0.416 e. The minimum atomic E-state index is -4.50. The van der Waals surface area contributed by atoms with Crippen molar-refractivity contribution in [3.8, 4) is 11.1 Å². The van der Waals surface area contributed by atoms with Crippen LogP contribution >= 0.6 is 23.8 Å². The summed E-state index contributed by atoms with van der Waals surface area (Å²) in [6, 6.07) is 19.4. The van der Waals surface area contributed by atoms with Gasteiger partial charge in [-0.05, 0) is 53.7 Å². The number of thiocarbonyl (C=S) groups is 1. The van der Waals surface area contributed by atoms with Crippen molar-refractivity contribution in [3.05, 3.63) is 88.9 Å². The van der Waals surface area contributed by atoms with Gasteiger partial charge in [0.15, 0.2) is 5.11 Å². The number of alkyl halides is 3. The summed E-state index contributed by atoms with van der Waals surface area (Å²) in [5.41, 5.74) is 1.64. The number of halogens is 4. The first kappa shape index (κ1) is 20.8. The maximum absolute atomic E-state index is 12.7. The van der Waals surface area contributed by atoms with Gasteiger partial charge >= 0.3 is 6.18 Å². The van der Waals surface area contributed by atoms with E-state index in [9.17, 15) is 18.0 Å². The zero-order valence-electron chi connectivity index (χ0n) is 14.8. The Labute approximate surface area is 175 Å². The van der Waals surface area contributed by atoms with Crippen molar-refractivity contribution in [2.24, 2.45) is 0 Å². The Bertz CT molecular complexity index is 1040. The van der Waals surface area contributed by atoms with Crippen molar-refractivity contribution >= 4 is 40.5 Å². The first-order valence-electron chi connectivity index (χ1n) is 8.38. The fourth-order valence-electron chi connectivity index (χ4n) is 2.57. The highest BCUT2D eigenvalue weighted by Crippen LogP contribution is 2.33. The van der Waals surface area contributed by atoms with Crippen LogP contribution in [-0.4, -0.2) is 11.0 Å². The van der Waals surface area contributed by atoms with Crippen LogP contribution in [-0.2, 0) is 6.18 Å². The Morgan fingerprint density at radius 3 is 2.10 bits per heavy atom. The molecule has 8 heteroatoms. The van der Waals surface area contributed by atoms with E-state index in [4.69, 9.17) is 23.8 Å². The van der Waals surface area contributed by atoms with E-state index >= 15 is 0 Å². The van der Waals surface area contributed by atoms with Crippen LogP contribution in [0.4, 0.5) is 18.9 Å². The predicted octanol–water partition coefficient (Wildman–Crippen LogP) is 6.15. The SMILES string of the molecule is O=C(NC(=S)Nc1ccc(C(F)(F)F)cc1Cl)c1ccc(-c2ccccc2)cc1. The molecule has 0 atom stereocenters. The fourth-order valence-corrected chi connectivity index (χ4v) is 3.00. The third-order valence-corrected chi connectivity index (χ3v) is 4.54. The second kappa shape index (κ2) is 8.63. The highest BCUT2D eigenvalue weighted by molar-refractivity contribution is 7.80. The summed E-state index contributed by atoms with van der Waals surface area (Å²) in [6.45, 7) is 0. The van der Waals surface area contributed by atoms with Gasteiger partial charge < -0.3 is 5.32 Å². The number of anilines is 1. The first-order valence-corrected chi connectivity index (χ1v) is 9.17. The van der Waals surface area contributed by atoms with E-state index in [0.29, 0.717) is 5.56 Å². The van der Waals surface area contributed by atoms with Gasteiger partial charge in [0.25, 0.3) is 5.91 Å². The van der Waals surface area contributed by atoms with Gasteiger partial charge in [-0.2, -0.15) is 13.2 Å². The zero-order chi connectivity index (χ0) is 21.0. The third-order valence-electron chi connectivity index (χ3n) is 4.03.